The maximum absolute atomic E-state index is 12.4. The summed E-state index contributed by atoms with van der Waals surface area (Å²) in [6, 6.07) is 12.9. The molecule has 0 aliphatic carbocycles. The number of rotatable bonds is 5. The number of halogens is 1. The summed E-state index contributed by atoms with van der Waals surface area (Å²) in [4.78, 5) is 24.7. The molecule has 2 N–H and O–H groups in total. The fourth-order valence-electron chi connectivity index (χ4n) is 3.46. The molecule has 2 amide bonds. The molecule has 1 aliphatic heterocycles. The Labute approximate surface area is 175 Å². The highest BCUT2D eigenvalue weighted by Crippen LogP contribution is 2.35. The van der Waals surface area contributed by atoms with E-state index >= 15 is 0 Å². The molecule has 1 saturated heterocycles. The van der Waals surface area contributed by atoms with Gasteiger partial charge < -0.3 is 20.1 Å². The summed E-state index contributed by atoms with van der Waals surface area (Å²) in [5, 5.41) is 5.92. The highest BCUT2D eigenvalue weighted by atomic mass is 35.5. The number of carbonyl (C=O) groups is 2. The van der Waals surface area contributed by atoms with Crippen LogP contribution >= 0.6 is 11.6 Å². The molecule has 0 bridgehead atoms. The first-order valence-corrected chi connectivity index (χ1v) is 9.89. The number of nitrogens with one attached hydrogen (secondary N) is 2. The van der Waals surface area contributed by atoms with E-state index in [1.807, 2.05) is 31.2 Å². The summed E-state index contributed by atoms with van der Waals surface area (Å²) in [5.41, 5.74) is 2.19. The number of carbonyl (C=O) groups excluding carboxylic acids is 2. The van der Waals surface area contributed by atoms with E-state index in [9.17, 15) is 9.59 Å². The van der Waals surface area contributed by atoms with Crippen molar-refractivity contribution < 1.29 is 19.1 Å². The summed E-state index contributed by atoms with van der Waals surface area (Å²) in [5.74, 6) is -0.626. The van der Waals surface area contributed by atoms with E-state index in [-0.39, 0.29) is 5.41 Å². The van der Waals surface area contributed by atoms with Crippen LogP contribution in [-0.4, -0.2) is 38.7 Å². The average molecular weight is 417 g/mol. The molecule has 154 valence electrons. The first kappa shape index (κ1) is 21.1. The van der Waals surface area contributed by atoms with E-state index in [4.69, 9.17) is 21.1 Å². The Morgan fingerprint density at radius 1 is 1.10 bits per heavy atom. The van der Waals surface area contributed by atoms with Gasteiger partial charge in [-0.25, -0.2) is 0 Å². The maximum atomic E-state index is 12.4. The van der Waals surface area contributed by atoms with Crippen LogP contribution in [0.1, 0.15) is 24.0 Å². The molecule has 0 aromatic heterocycles. The second-order valence-corrected chi connectivity index (χ2v) is 7.63. The fraction of sp³-hybridized carbons (Fsp3) is 0.364. The van der Waals surface area contributed by atoms with Crippen molar-refractivity contribution in [2.75, 3.05) is 32.2 Å². The minimum absolute atomic E-state index is 0.284. The van der Waals surface area contributed by atoms with Crippen LogP contribution < -0.4 is 15.4 Å². The smallest absolute Gasteiger partial charge is 0.313 e. The van der Waals surface area contributed by atoms with E-state index in [1.54, 1.807) is 25.3 Å². The zero-order valence-corrected chi connectivity index (χ0v) is 17.3. The normalized spacial score (nSPS) is 15.4. The highest BCUT2D eigenvalue weighted by Gasteiger charge is 2.35. The number of benzene rings is 2. The topological polar surface area (TPSA) is 76.7 Å². The fourth-order valence-corrected chi connectivity index (χ4v) is 3.64. The zero-order valence-electron chi connectivity index (χ0n) is 16.6. The number of amides is 2. The maximum Gasteiger partial charge on any atom is 0.313 e. The third kappa shape index (κ3) is 5.08. The number of ether oxygens (including phenoxy) is 2. The SMILES string of the molecule is COc1ccc(C2(CNC(=O)C(=O)Nc3ccc(C)c(Cl)c3)CCOCC2)cc1. The van der Waals surface area contributed by atoms with Crippen molar-refractivity contribution in [1.29, 1.82) is 0 Å². The van der Waals surface area contributed by atoms with Crippen LogP contribution in [0.3, 0.4) is 0 Å². The van der Waals surface area contributed by atoms with E-state index in [1.165, 1.54) is 0 Å². The van der Waals surface area contributed by atoms with Crippen molar-refractivity contribution in [2.45, 2.75) is 25.2 Å². The van der Waals surface area contributed by atoms with Gasteiger partial charge in [0.15, 0.2) is 0 Å². The number of methoxy groups -OCH3 is 1. The van der Waals surface area contributed by atoms with Crippen LogP contribution in [0.4, 0.5) is 5.69 Å². The van der Waals surface area contributed by atoms with Crippen LogP contribution in [0.15, 0.2) is 42.5 Å². The second kappa shape index (κ2) is 9.29. The van der Waals surface area contributed by atoms with Gasteiger partial charge in [-0.15, -0.1) is 0 Å². The molecule has 0 unspecified atom stereocenters. The summed E-state index contributed by atoms with van der Waals surface area (Å²) < 4.78 is 10.8. The van der Waals surface area contributed by atoms with E-state index < -0.39 is 11.8 Å². The van der Waals surface area contributed by atoms with Crippen molar-refractivity contribution in [3.05, 3.63) is 58.6 Å². The molecule has 29 heavy (non-hydrogen) atoms. The van der Waals surface area contributed by atoms with Crippen molar-refractivity contribution in [3.63, 3.8) is 0 Å². The quantitative estimate of drug-likeness (QED) is 0.732. The first-order chi connectivity index (χ1) is 13.9. The van der Waals surface area contributed by atoms with Crippen LogP contribution in [0, 0.1) is 6.92 Å². The summed E-state index contributed by atoms with van der Waals surface area (Å²) in [6.07, 6.45) is 1.52. The standard InChI is InChI=1S/C22H25ClN2O4/c1-15-3-6-17(13-19(15)23)25-21(27)20(26)24-14-22(9-11-29-12-10-22)16-4-7-18(28-2)8-5-16/h3-8,13H,9-12,14H2,1-2H3,(H,24,26)(H,25,27). The lowest BCUT2D eigenvalue weighted by atomic mass is 9.74. The van der Waals surface area contributed by atoms with E-state index in [2.05, 4.69) is 10.6 Å². The Kier molecular flexibility index (Phi) is 6.77. The zero-order chi connectivity index (χ0) is 20.9. The van der Waals surface area contributed by atoms with Gasteiger partial charge in [-0.3, -0.25) is 9.59 Å². The number of hydrogen-bond donors (Lipinski definition) is 2. The molecule has 0 radical (unpaired) electrons. The number of anilines is 1. The van der Waals surface area contributed by atoms with Gasteiger partial charge >= 0.3 is 11.8 Å². The second-order valence-electron chi connectivity index (χ2n) is 7.22. The third-order valence-electron chi connectivity index (χ3n) is 5.38. The lowest BCUT2D eigenvalue weighted by molar-refractivity contribution is -0.136. The molecular formula is C22H25ClN2O4. The number of hydrogen-bond acceptors (Lipinski definition) is 4. The lowest BCUT2D eigenvalue weighted by Gasteiger charge is -2.38. The minimum atomic E-state index is -0.720. The molecule has 6 nitrogen and oxygen atoms in total. The highest BCUT2D eigenvalue weighted by molar-refractivity contribution is 6.40. The molecule has 0 spiro atoms. The Bertz CT molecular complexity index is 877. The van der Waals surface area contributed by atoms with Gasteiger partial charge in [-0.05, 0) is 55.2 Å². The van der Waals surface area contributed by atoms with Gasteiger partial charge in [0.25, 0.3) is 0 Å². The predicted molar refractivity (Wildman–Crippen MR) is 113 cm³/mol. The van der Waals surface area contributed by atoms with Gasteiger partial charge in [0, 0.05) is 35.9 Å². The molecule has 7 heteroatoms. The van der Waals surface area contributed by atoms with Crippen LogP contribution in [-0.2, 0) is 19.7 Å². The Hall–Kier alpha value is -2.57. The average Bonchev–Trinajstić information content (AvgIpc) is 2.75. The van der Waals surface area contributed by atoms with Crippen LogP contribution in [0.5, 0.6) is 5.75 Å². The number of aryl methyl sites for hydroxylation is 1. The Morgan fingerprint density at radius 3 is 2.41 bits per heavy atom. The molecule has 0 atom stereocenters. The minimum Gasteiger partial charge on any atom is -0.497 e. The molecule has 1 heterocycles. The summed E-state index contributed by atoms with van der Waals surface area (Å²) in [6.45, 7) is 3.43. The first-order valence-electron chi connectivity index (χ1n) is 9.51. The van der Waals surface area contributed by atoms with Crippen LogP contribution in [0.25, 0.3) is 0 Å². The van der Waals surface area contributed by atoms with E-state index in [0.29, 0.717) is 30.5 Å². The van der Waals surface area contributed by atoms with Gasteiger partial charge in [-0.1, -0.05) is 29.8 Å². The molecule has 3 rings (SSSR count). The monoisotopic (exact) mass is 416 g/mol. The molecule has 0 saturated carbocycles. The third-order valence-corrected chi connectivity index (χ3v) is 5.78. The molecule has 2 aromatic carbocycles. The Morgan fingerprint density at radius 2 is 1.79 bits per heavy atom. The van der Waals surface area contributed by atoms with Gasteiger partial charge in [-0.2, -0.15) is 0 Å². The van der Waals surface area contributed by atoms with Gasteiger partial charge in [0.05, 0.1) is 7.11 Å². The van der Waals surface area contributed by atoms with Crippen molar-refractivity contribution in [1.82, 2.24) is 5.32 Å². The van der Waals surface area contributed by atoms with Crippen molar-refractivity contribution in [3.8, 4) is 5.75 Å². The summed E-state index contributed by atoms with van der Waals surface area (Å²) >= 11 is 6.07. The van der Waals surface area contributed by atoms with Crippen LogP contribution in [0.2, 0.25) is 5.02 Å². The molecule has 2 aromatic rings. The lowest BCUT2D eigenvalue weighted by Crippen LogP contribution is -2.47. The summed E-state index contributed by atoms with van der Waals surface area (Å²) in [7, 11) is 1.62. The predicted octanol–water partition coefficient (Wildman–Crippen LogP) is 3.46. The van der Waals surface area contributed by atoms with Gasteiger partial charge in [0.1, 0.15) is 5.75 Å². The molecule has 1 aliphatic rings. The Balaban J connectivity index is 1.67. The largest absolute Gasteiger partial charge is 0.497 e. The van der Waals surface area contributed by atoms with E-state index in [0.717, 1.165) is 29.7 Å². The van der Waals surface area contributed by atoms with Crippen molar-refractivity contribution in [2.24, 2.45) is 0 Å². The van der Waals surface area contributed by atoms with Crippen molar-refractivity contribution >= 4 is 29.1 Å². The van der Waals surface area contributed by atoms with Gasteiger partial charge in [0.2, 0.25) is 0 Å². The molecular weight excluding hydrogens is 392 g/mol. The molecule has 1 fully saturated rings.